The summed E-state index contributed by atoms with van der Waals surface area (Å²) >= 11 is 0. The highest BCUT2D eigenvalue weighted by molar-refractivity contribution is 6.05. The number of nitrogens with zero attached hydrogens (tertiary/aromatic N) is 2. The highest BCUT2D eigenvalue weighted by atomic mass is 19.1. The predicted molar refractivity (Wildman–Crippen MR) is 102 cm³/mol. The van der Waals surface area contributed by atoms with Crippen molar-refractivity contribution < 1.29 is 13.6 Å². The molecule has 7 heteroatoms. The van der Waals surface area contributed by atoms with Crippen LogP contribution in [0, 0.1) is 11.6 Å². The topological polar surface area (TPSA) is 64.0 Å². The van der Waals surface area contributed by atoms with Crippen LogP contribution in [-0.2, 0) is 0 Å². The van der Waals surface area contributed by atoms with Gasteiger partial charge in [0, 0.05) is 23.8 Å². The molecule has 0 fully saturated rings. The number of carbonyl (C=O) groups is 1. The maximum Gasteiger partial charge on any atom is 0.261 e. The minimum absolute atomic E-state index is 0.117. The van der Waals surface area contributed by atoms with Gasteiger partial charge in [-0.1, -0.05) is 0 Å². The number of hydrogen-bond donors (Lipinski definition) is 1. The van der Waals surface area contributed by atoms with Gasteiger partial charge in [0.05, 0.1) is 5.39 Å². The normalized spacial score (nSPS) is 10.8. The second-order valence-corrected chi connectivity index (χ2v) is 6.05. The van der Waals surface area contributed by atoms with Crippen LogP contribution in [0.25, 0.3) is 16.7 Å². The lowest BCUT2D eigenvalue weighted by Crippen LogP contribution is -2.24. The van der Waals surface area contributed by atoms with E-state index in [1.54, 1.807) is 16.7 Å². The van der Waals surface area contributed by atoms with E-state index in [4.69, 9.17) is 0 Å². The number of anilines is 1. The average molecular weight is 377 g/mol. The monoisotopic (exact) mass is 377 g/mol. The van der Waals surface area contributed by atoms with Gasteiger partial charge in [0.1, 0.15) is 22.8 Å². The lowest BCUT2D eigenvalue weighted by atomic mass is 10.1. The Balaban J connectivity index is 1.85. The van der Waals surface area contributed by atoms with E-state index in [0.29, 0.717) is 17.0 Å². The van der Waals surface area contributed by atoms with E-state index >= 15 is 0 Å². The number of aromatic nitrogens is 2. The van der Waals surface area contributed by atoms with Crippen molar-refractivity contribution in [1.29, 1.82) is 0 Å². The van der Waals surface area contributed by atoms with E-state index in [1.165, 1.54) is 60.9 Å². The fraction of sp³-hybridized carbons (Fsp3) is 0. The van der Waals surface area contributed by atoms with Crippen LogP contribution < -0.4 is 10.7 Å². The molecule has 0 aliphatic heterocycles. The van der Waals surface area contributed by atoms with Crippen molar-refractivity contribution in [3.8, 4) is 5.69 Å². The van der Waals surface area contributed by atoms with Gasteiger partial charge < -0.3 is 9.88 Å². The average Bonchev–Trinajstić information content (AvgIpc) is 2.71. The predicted octanol–water partition coefficient (Wildman–Crippen LogP) is 3.92. The Labute approximate surface area is 157 Å². The number of nitrogens with one attached hydrogen (secondary N) is 1. The Morgan fingerprint density at radius 3 is 2.25 bits per heavy atom. The fourth-order valence-electron chi connectivity index (χ4n) is 2.85. The number of fused-ring (bicyclic) bond motifs is 1. The molecule has 138 valence electrons. The van der Waals surface area contributed by atoms with Crippen LogP contribution in [-0.4, -0.2) is 15.5 Å². The largest absolute Gasteiger partial charge is 0.322 e. The fourth-order valence-corrected chi connectivity index (χ4v) is 2.85. The van der Waals surface area contributed by atoms with E-state index in [2.05, 4.69) is 10.3 Å². The van der Waals surface area contributed by atoms with Crippen molar-refractivity contribution in [2.75, 3.05) is 5.32 Å². The van der Waals surface area contributed by atoms with Gasteiger partial charge in [-0.25, -0.2) is 13.8 Å². The summed E-state index contributed by atoms with van der Waals surface area (Å²) < 4.78 is 27.9. The Hall–Kier alpha value is -3.87. The molecule has 0 aliphatic rings. The second-order valence-electron chi connectivity index (χ2n) is 6.05. The van der Waals surface area contributed by atoms with Gasteiger partial charge in [-0.05, 0) is 60.7 Å². The van der Waals surface area contributed by atoms with Gasteiger partial charge in [-0.2, -0.15) is 0 Å². The van der Waals surface area contributed by atoms with Crippen molar-refractivity contribution in [1.82, 2.24) is 9.55 Å². The van der Waals surface area contributed by atoms with Gasteiger partial charge in [0.2, 0.25) is 5.43 Å². The van der Waals surface area contributed by atoms with Crippen molar-refractivity contribution in [2.24, 2.45) is 0 Å². The first-order chi connectivity index (χ1) is 13.5. The van der Waals surface area contributed by atoms with Gasteiger partial charge in [0.25, 0.3) is 5.91 Å². The summed E-state index contributed by atoms with van der Waals surface area (Å²) in [5.41, 5.74) is 0.638. The first-order valence-corrected chi connectivity index (χ1v) is 8.36. The summed E-state index contributed by atoms with van der Waals surface area (Å²) in [6.07, 6.45) is 2.89. The van der Waals surface area contributed by atoms with Crippen molar-refractivity contribution in [3.63, 3.8) is 0 Å². The SMILES string of the molecule is O=C(Nc1ccc(F)cc1)c1cn(-c2ccc(F)cc2)c2ncccc2c1=O. The molecule has 0 radical (unpaired) electrons. The van der Waals surface area contributed by atoms with Crippen molar-refractivity contribution in [2.45, 2.75) is 0 Å². The van der Waals surface area contributed by atoms with Crippen LogP contribution in [0.15, 0.2) is 77.9 Å². The standard InChI is InChI=1S/C21H13F2N3O2/c22-13-3-7-15(8-4-13)25-21(28)18-12-26(16-9-5-14(23)6-10-16)20-17(19(18)27)2-1-11-24-20/h1-12H,(H,25,28). The zero-order chi connectivity index (χ0) is 19.7. The molecule has 2 aromatic carbocycles. The van der Waals surface area contributed by atoms with Crippen molar-refractivity contribution in [3.05, 3.63) is 100 Å². The zero-order valence-corrected chi connectivity index (χ0v) is 14.4. The molecular formula is C21H13F2N3O2. The molecule has 28 heavy (non-hydrogen) atoms. The molecule has 0 aliphatic carbocycles. The highest BCUT2D eigenvalue weighted by Crippen LogP contribution is 2.17. The molecule has 0 unspecified atom stereocenters. The van der Waals surface area contributed by atoms with E-state index in [-0.39, 0.29) is 10.9 Å². The number of pyridine rings is 2. The van der Waals surface area contributed by atoms with Crippen molar-refractivity contribution >= 4 is 22.6 Å². The third-order valence-corrected chi connectivity index (χ3v) is 4.21. The Morgan fingerprint density at radius 1 is 0.929 bits per heavy atom. The second kappa shape index (κ2) is 7.03. The Kier molecular flexibility index (Phi) is 4.41. The molecule has 5 nitrogen and oxygen atoms in total. The summed E-state index contributed by atoms with van der Waals surface area (Å²) in [5.74, 6) is -1.48. The lowest BCUT2D eigenvalue weighted by Gasteiger charge is -2.13. The van der Waals surface area contributed by atoms with E-state index in [1.807, 2.05) is 0 Å². The van der Waals surface area contributed by atoms with Crippen LogP contribution in [0.2, 0.25) is 0 Å². The molecule has 1 N–H and O–H groups in total. The maximum atomic E-state index is 13.3. The molecule has 2 aromatic heterocycles. The first-order valence-electron chi connectivity index (χ1n) is 8.36. The molecule has 0 saturated carbocycles. The smallest absolute Gasteiger partial charge is 0.261 e. The first kappa shape index (κ1) is 17.5. The van der Waals surface area contributed by atoms with Crippen LogP contribution >= 0.6 is 0 Å². The van der Waals surface area contributed by atoms with Gasteiger partial charge in [-0.15, -0.1) is 0 Å². The van der Waals surface area contributed by atoms with Gasteiger partial charge in [-0.3, -0.25) is 9.59 Å². The summed E-state index contributed by atoms with van der Waals surface area (Å²) in [7, 11) is 0. The number of hydrogen-bond acceptors (Lipinski definition) is 3. The highest BCUT2D eigenvalue weighted by Gasteiger charge is 2.17. The van der Waals surface area contributed by atoms with Crippen LogP contribution in [0.1, 0.15) is 10.4 Å². The third kappa shape index (κ3) is 3.25. The zero-order valence-electron chi connectivity index (χ0n) is 14.4. The quantitative estimate of drug-likeness (QED) is 0.589. The number of carbonyl (C=O) groups excluding carboxylic acids is 1. The molecule has 1 amide bonds. The van der Waals surface area contributed by atoms with E-state index in [0.717, 1.165) is 0 Å². The summed E-state index contributed by atoms with van der Waals surface area (Å²) in [6.45, 7) is 0. The van der Waals surface area contributed by atoms with Crippen LogP contribution in [0.4, 0.5) is 14.5 Å². The van der Waals surface area contributed by atoms with Gasteiger partial charge in [0.15, 0.2) is 0 Å². The Morgan fingerprint density at radius 2 is 1.57 bits per heavy atom. The third-order valence-electron chi connectivity index (χ3n) is 4.21. The van der Waals surface area contributed by atoms with Crippen LogP contribution in [0.3, 0.4) is 0 Å². The molecular weight excluding hydrogens is 364 g/mol. The molecule has 0 spiro atoms. The van der Waals surface area contributed by atoms with Crippen LogP contribution in [0.5, 0.6) is 0 Å². The molecule has 0 saturated heterocycles. The number of amides is 1. The number of benzene rings is 2. The van der Waals surface area contributed by atoms with Gasteiger partial charge >= 0.3 is 0 Å². The van der Waals surface area contributed by atoms with E-state index in [9.17, 15) is 18.4 Å². The molecule has 4 rings (SSSR count). The Bertz CT molecular complexity index is 1230. The molecule has 4 aromatic rings. The lowest BCUT2D eigenvalue weighted by molar-refractivity contribution is 0.102. The van der Waals surface area contributed by atoms with E-state index < -0.39 is 23.0 Å². The summed E-state index contributed by atoms with van der Waals surface area (Å²) in [5, 5.41) is 2.83. The molecule has 2 heterocycles. The number of halogens is 2. The number of rotatable bonds is 3. The molecule has 0 atom stereocenters. The summed E-state index contributed by atoms with van der Waals surface area (Å²) in [6, 6.07) is 14.0. The minimum Gasteiger partial charge on any atom is -0.322 e. The molecule has 0 bridgehead atoms. The summed E-state index contributed by atoms with van der Waals surface area (Å²) in [4.78, 5) is 29.8. The minimum atomic E-state index is -0.641. The maximum absolute atomic E-state index is 13.3.